The third kappa shape index (κ3) is 4.72. The summed E-state index contributed by atoms with van der Waals surface area (Å²) in [4.78, 5) is 28.5. The number of phenols is 2. The van der Waals surface area contributed by atoms with Gasteiger partial charge >= 0.3 is 5.97 Å². The number of anilines is 1. The molecule has 0 aliphatic rings. The third-order valence-electron chi connectivity index (χ3n) is 4.40. The Labute approximate surface area is 171 Å². The predicted octanol–water partition coefficient (Wildman–Crippen LogP) is 3.94. The molecule has 0 saturated heterocycles. The van der Waals surface area contributed by atoms with E-state index in [9.17, 15) is 19.8 Å². The van der Waals surface area contributed by atoms with Crippen molar-refractivity contribution in [3.8, 4) is 22.8 Å². The van der Waals surface area contributed by atoms with Gasteiger partial charge in [0, 0.05) is 17.0 Å². The summed E-state index contributed by atoms with van der Waals surface area (Å²) in [5.74, 6) is -2.03. The summed E-state index contributed by atoms with van der Waals surface area (Å²) in [5.41, 5.74) is 5.08. The molecular weight excluding hydrogens is 392 g/mol. The van der Waals surface area contributed by atoms with Gasteiger partial charge in [-0.1, -0.05) is 6.07 Å². The Morgan fingerprint density at radius 1 is 1.07 bits per heavy atom. The van der Waals surface area contributed by atoms with Gasteiger partial charge in [0.1, 0.15) is 17.1 Å². The first kappa shape index (κ1) is 20.3. The quantitative estimate of drug-likeness (QED) is 0.548. The number of nitrogens with zero attached hydrogens (tertiary/aromatic N) is 1. The highest BCUT2D eigenvalue weighted by Crippen LogP contribution is 2.29. The molecule has 1 amide bonds. The van der Waals surface area contributed by atoms with Gasteiger partial charge in [0.15, 0.2) is 11.7 Å². The summed E-state index contributed by atoms with van der Waals surface area (Å²) in [6, 6.07) is 7.63. The van der Waals surface area contributed by atoms with Crippen molar-refractivity contribution in [2.75, 3.05) is 11.9 Å². The number of benzene rings is 2. The number of nitrogens with one attached hydrogen (secondary N) is 1. The lowest BCUT2D eigenvalue weighted by atomic mass is 9.99. The van der Waals surface area contributed by atoms with Gasteiger partial charge < -0.3 is 14.9 Å². The van der Waals surface area contributed by atoms with Crippen molar-refractivity contribution in [2.45, 2.75) is 20.8 Å². The van der Waals surface area contributed by atoms with Crippen LogP contribution in [0.5, 0.6) is 11.5 Å². The van der Waals surface area contributed by atoms with Gasteiger partial charge in [0.25, 0.3) is 5.91 Å². The van der Waals surface area contributed by atoms with E-state index in [2.05, 4.69) is 29.4 Å². The van der Waals surface area contributed by atoms with E-state index in [-0.39, 0.29) is 11.3 Å². The highest BCUT2D eigenvalue weighted by Gasteiger charge is 2.16. The smallest absolute Gasteiger partial charge is 0.342 e. The molecule has 0 fully saturated rings. The van der Waals surface area contributed by atoms with Crippen LogP contribution in [0.2, 0.25) is 0 Å². The monoisotopic (exact) mass is 412 g/mol. The number of rotatable bonds is 5. The Kier molecular flexibility index (Phi) is 5.84. The predicted molar refractivity (Wildman–Crippen MR) is 110 cm³/mol. The zero-order valence-electron chi connectivity index (χ0n) is 16.1. The number of carbonyl (C=O) groups excluding carboxylic acids is 2. The average Bonchev–Trinajstić information content (AvgIpc) is 3.11. The molecule has 0 aliphatic carbocycles. The van der Waals surface area contributed by atoms with Crippen LogP contribution in [-0.4, -0.2) is 33.7 Å². The summed E-state index contributed by atoms with van der Waals surface area (Å²) in [6.45, 7) is 5.57. The Hall–Kier alpha value is -3.39. The van der Waals surface area contributed by atoms with E-state index in [4.69, 9.17) is 4.74 Å². The standard InChI is InChI=1S/C21H20N2O5S/c1-11-6-13(3)16(7-12(11)2)17-10-29-21(22-17)23-19(26)9-28-20(27)15-5-4-14(24)8-18(15)25/h4-8,10,24-25H,9H2,1-3H3,(H,22,23,26). The molecule has 0 bridgehead atoms. The minimum Gasteiger partial charge on any atom is -0.508 e. The summed E-state index contributed by atoms with van der Waals surface area (Å²) >= 11 is 1.27. The lowest BCUT2D eigenvalue weighted by Gasteiger charge is -2.08. The summed E-state index contributed by atoms with van der Waals surface area (Å²) in [5, 5.41) is 23.8. The topological polar surface area (TPSA) is 109 Å². The Morgan fingerprint density at radius 2 is 1.79 bits per heavy atom. The molecule has 0 unspecified atom stereocenters. The number of phenolic OH excluding ortho intramolecular Hbond substituents is 2. The van der Waals surface area contributed by atoms with Crippen molar-refractivity contribution in [1.82, 2.24) is 4.98 Å². The number of hydrogen-bond acceptors (Lipinski definition) is 7. The molecule has 1 heterocycles. The number of esters is 1. The van der Waals surface area contributed by atoms with Crippen molar-refractivity contribution >= 4 is 28.3 Å². The maximum atomic E-state index is 12.1. The molecule has 0 atom stereocenters. The second-order valence-electron chi connectivity index (χ2n) is 6.62. The molecule has 0 radical (unpaired) electrons. The Bertz CT molecular complexity index is 1090. The van der Waals surface area contributed by atoms with Crippen LogP contribution < -0.4 is 5.32 Å². The lowest BCUT2D eigenvalue weighted by Crippen LogP contribution is -2.20. The van der Waals surface area contributed by atoms with E-state index >= 15 is 0 Å². The van der Waals surface area contributed by atoms with E-state index in [1.165, 1.54) is 29.0 Å². The van der Waals surface area contributed by atoms with Crippen molar-refractivity contribution in [3.05, 3.63) is 58.0 Å². The number of aromatic hydroxyl groups is 2. The Morgan fingerprint density at radius 3 is 2.52 bits per heavy atom. The fourth-order valence-corrected chi connectivity index (χ4v) is 3.47. The summed E-state index contributed by atoms with van der Waals surface area (Å²) in [7, 11) is 0. The van der Waals surface area contributed by atoms with Gasteiger partial charge in [-0.05, 0) is 55.7 Å². The van der Waals surface area contributed by atoms with Crippen molar-refractivity contribution in [1.29, 1.82) is 0 Å². The van der Waals surface area contributed by atoms with Crippen LogP contribution in [0.4, 0.5) is 5.13 Å². The average molecular weight is 412 g/mol. The van der Waals surface area contributed by atoms with Crippen LogP contribution in [0.15, 0.2) is 35.7 Å². The minimum atomic E-state index is -0.872. The highest BCUT2D eigenvalue weighted by molar-refractivity contribution is 7.14. The molecule has 0 spiro atoms. The van der Waals surface area contributed by atoms with E-state index in [0.29, 0.717) is 5.13 Å². The maximum absolute atomic E-state index is 12.1. The van der Waals surface area contributed by atoms with Crippen LogP contribution in [0.25, 0.3) is 11.3 Å². The molecule has 3 N–H and O–H groups in total. The maximum Gasteiger partial charge on any atom is 0.342 e. The number of amides is 1. The van der Waals surface area contributed by atoms with E-state index in [1.807, 2.05) is 19.2 Å². The molecule has 150 valence electrons. The fourth-order valence-electron chi connectivity index (χ4n) is 2.75. The lowest BCUT2D eigenvalue weighted by molar-refractivity contribution is -0.119. The van der Waals surface area contributed by atoms with Crippen LogP contribution >= 0.6 is 11.3 Å². The molecular formula is C21H20N2O5S. The van der Waals surface area contributed by atoms with Crippen LogP contribution in [-0.2, 0) is 9.53 Å². The molecule has 2 aromatic carbocycles. The number of hydrogen-bond donors (Lipinski definition) is 3. The van der Waals surface area contributed by atoms with E-state index < -0.39 is 24.2 Å². The number of ether oxygens (including phenoxy) is 1. The van der Waals surface area contributed by atoms with Crippen LogP contribution in [0.1, 0.15) is 27.0 Å². The molecule has 7 nitrogen and oxygen atoms in total. The number of aromatic nitrogens is 1. The fraction of sp³-hybridized carbons (Fsp3) is 0.190. The van der Waals surface area contributed by atoms with Gasteiger partial charge in [-0.3, -0.25) is 10.1 Å². The molecule has 3 aromatic rings. The second-order valence-corrected chi connectivity index (χ2v) is 7.47. The zero-order valence-corrected chi connectivity index (χ0v) is 17.0. The number of aryl methyl sites for hydroxylation is 3. The normalized spacial score (nSPS) is 10.6. The summed E-state index contributed by atoms with van der Waals surface area (Å²) in [6.07, 6.45) is 0. The van der Waals surface area contributed by atoms with E-state index in [1.54, 1.807) is 0 Å². The second kappa shape index (κ2) is 8.32. The first-order valence-corrected chi connectivity index (χ1v) is 9.65. The first-order chi connectivity index (χ1) is 13.7. The van der Waals surface area contributed by atoms with Crippen LogP contribution in [0, 0.1) is 20.8 Å². The molecule has 29 heavy (non-hydrogen) atoms. The Balaban J connectivity index is 1.62. The van der Waals surface area contributed by atoms with Gasteiger partial charge in [-0.25, -0.2) is 9.78 Å². The molecule has 3 rings (SSSR count). The first-order valence-electron chi connectivity index (χ1n) is 8.77. The van der Waals surface area contributed by atoms with Crippen molar-refractivity contribution in [2.24, 2.45) is 0 Å². The molecule has 0 saturated carbocycles. The SMILES string of the molecule is Cc1cc(C)c(-c2csc(NC(=O)COC(=O)c3ccc(O)cc3O)n2)cc1C. The third-order valence-corrected chi connectivity index (χ3v) is 5.16. The van der Waals surface area contributed by atoms with Gasteiger partial charge in [0.05, 0.1) is 5.69 Å². The number of thiazole rings is 1. The number of carbonyl (C=O) groups is 2. The van der Waals surface area contributed by atoms with Gasteiger partial charge in [-0.15, -0.1) is 11.3 Å². The largest absolute Gasteiger partial charge is 0.508 e. The van der Waals surface area contributed by atoms with Crippen molar-refractivity contribution < 1.29 is 24.5 Å². The minimum absolute atomic E-state index is 0.141. The van der Waals surface area contributed by atoms with E-state index in [0.717, 1.165) is 28.5 Å². The van der Waals surface area contributed by atoms with Crippen molar-refractivity contribution in [3.63, 3.8) is 0 Å². The molecule has 1 aromatic heterocycles. The highest BCUT2D eigenvalue weighted by atomic mass is 32.1. The zero-order chi connectivity index (χ0) is 21.1. The molecule has 0 aliphatic heterocycles. The van der Waals surface area contributed by atoms with Crippen LogP contribution in [0.3, 0.4) is 0 Å². The van der Waals surface area contributed by atoms with Gasteiger partial charge in [0.2, 0.25) is 0 Å². The molecule has 8 heteroatoms. The van der Waals surface area contributed by atoms with Gasteiger partial charge in [-0.2, -0.15) is 0 Å². The summed E-state index contributed by atoms with van der Waals surface area (Å²) < 4.78 is 4.91.